The summed E-state index contributed by atoms with van der Waals surface area (Å²) in [5.41, 5.74) is 0.890. The third kappa shape index (κ3) is 5.72. The van der Waals surface area contributed by atoms with Crippen LogP contribution in [0.3, 0.4) is 0 Å². The molecule has 0 saturated carbocycles. The van der Waals surface area contributed by atoms with Crippen molar-refractivity contribution in [2.24, 2.45) is 0 Å². The predicted molar refractivity (Wildman–Crippen MR) is 113 cm³/mol. The second-order valence-corrected chi connectivity index (χ2v) is 8.89. The molecule has 0 radical (unpaired) electrons. The fourth-order valence-electron chi connectivity index (χ4n) is 3.65. The Kier molecular flexibility index (Phi) is 6.65. The molecule has 1 aromatic rings. The molecule has 1 fully saturated rings. The van der Waals surface area contributed by atoms with Crippen LogP contribution in [0.2, 0.25) is 0 Å². The Balaban J connectivity index is 1.52. The van der Waals surface area contributed by atoms with Crippen LogP contribution in [0, 0.1) is 0 Å². The predicted octanol–water partition coefficient (Wildman–Crippen LogP) is 2.60. The van der Waals surface area contributed by atoms with Crippen molar-refractivity contribution < 1.29 is 23.9 Å². The number of fused-ring (bicyclic) bond motifs is 1. The van der Waals surface area contributed by atoms with Crippen LogP contribution in [0.5, 0.6) is 5.75 Å². The van der Waals surface area contributed by atoms with Gasteiger partial charge in [-0.3, -0.25) is 9.59 Å². The van der Waals surface area contributed by atoms with Gasteiger partial charge in [0.1, 0.15) is 11.9 Å². The molecule has 0 spiro atoms. The molecule has 164 valence electrons. The summed E-state index contributed by atoms with van der Waals surface area (Å²) in [6.07, 6.45) is 1.06. The summed E-state index contributed by atoms with van der Waals surface area (Å²) < 4.78 is 11.0. The summed E-state index contributed by atoms with van der Waals surface area (Å²) >= 11 is 0. The largest absolute Gasteiger partial charge is 0.482 e. The van der Waals surface area contributed by atoms with Crippen LogP contribution in [0.4, 0.5) is 10.5 Å². The molecule has 3 rings (SSSR count). The number of ketones is 1. The Hall–Kier alpha value is -2.61. The number of rotatable bonds is 5. The van der Waals surface area contributed by atoms with Crippen molar-refractivity contribution in [2.75, 3.05) is 37.7 Å². The molecule has 0 unspecified atom stereocenters. The highest BCUT2D eigenvalue weighted by atomic mass is 16.6. The number of carbonyl (C=O) groups is 3. The van der Waals surface area contributed by atoms with Crippen molar-refractivity contribution in [1.82, 2.24) is 10.2 Å². The van der Waals surface area contributed by atoms with E-state index in [0.29, 0.717) is 30.1 Å². The Bertz CT molecular complexity index is 809. The van der Waals surface area contributed by atoms with Crippen molar-refractivity contribution >= 4 is 23.5 Å². The number of carbonyl (C=O) groups excluding carboxylic acids is 3. The molecule has 2 aliphatic rings. The Labute approximate surface area is 177 Å². The first kappa shape index (κ1) is 22.1. The Morgan fingerprint density at radius 3 is 2.53 bits per heavy atom. The summed E-state index contributed by atoms with van der Waals surface area (Å²) in [6.45, 7) is 10.1. The first-order valence-electron chi connectivity index (χ1n) is 10.4. The van der Waals surface area contributed by atoms with Crippen molar-refractivity contribution in [3.63, 3.8) is 0 Å². The summed E-state index contributed by atoms with van der Waals surface area (Å²) in [6, 6.07) is 5.19. The zero-order valence-corrected chi connectivity index (χ0v) is 18.2. The van der Waals surface area contributed by atoms with Crippen LogP contribution in [0.15, 0.2) is 18.2 Å². The molecule has 0 aliphatic carbocycles. The molecule has 8 nitrogen and oxygen atoms in total. The van der Waals surface area contributed by atoms with E-state index in [2.05, 4.69) is 10.2 Å². The molecule has 0 aromatic heterocycles. The number of anilines is 1. The highest BCUT2D eigenvalue weighted by Gasteiger charge is 2.28. The summed E-state index contributed by atoms with van der Waals surface area (Å²) in [4.78, 5) is 40.1. The van der Waals surface area contributed by atoms with E-state index in [1.165, 1.54) is 6.92 Å². The van der Waals surface area contributed by atoms with Crippen molar-refractivity contribution in [1.29, 1.82) is 0 Å². The normalized spacial score (nSPS) is 17.9. The van der Waals surface area contributed by atoms with Crippen LogP contribution < -0.4 is 15.0 Å². The number of nitrogens with zero attached hydrogens (tertiary/aromatic N) is 2. The number of benzene rings is 1. The molecule has 8 heteroatoms. The van der Waals surface area contributed by atoms with Gasteiger partial charge in [0.25, 0.3) is 5.91 Å². The van der Waals surface area contributed by atoms with E-state index in [1.807, 2.05) is 20.8 Å². The molecule has 0 atom stereocenters. The molecular weight excluding hydrogens is 386 g/mol. The van der Waals surface area contributed by atoms with Gasteiger partial charge in [0.05, 0.1) is 5.69 Å². The smallest absolute Gasteiger partial charge is 0.407 e. The lowest BCUT2D eigenvalue weighted by atomic mass is 10.1. The zero-order valence-electron chi connectivity index (χ0n) is 18.2. The highest BCUT2D eigenvalue weighted by Crippen LogP contribution is 2.33. The lowest BCUT2D eigenvalue weighted by Crippen LogP contribution is -2.47. The molecule has 1 saturated heterocycles. The minimum absolute atomic E-state index is 0.00518. The van der Waals surface area contributed by atoms with E-state index < -0.39 is 0 Å². The van der Waals surface area contributed by atoms with E-state index >= 15 is 0 Å². The monoisotopic (exact) mass is 417 g/mol. The van der Waals surface area contributed by atoms with Gasteiger partial charge in [-0.15, -0.1) is 0 Å². The third-order valence-electron chi connectivity index (χ3n) is 5.23. The second kappa shape index (κ2) is 9.04. The van der Waals surface area contributed by atoms with E-state index in [0.717, 1.165) is 25.9 Å². The number of hydrogen-bond acceptors (Lipinski definition) is 6. The number of likely N-dealkylation sites (tertiary alicyclic amines) is 1. The molecule has 2 aliphatic heterocycles. The van der Waals surface area contributed by atoms with Gasteiger partial charge in [-0.25, -0.2) is 4.79 Å². The van der Waals surface area contributed by atoms with Crippen molar-refractivity contribution in [3.8, 4) is 5.75 Å². The quantitative estimate of drug-likeness (QED) is 0.741. The fourth-order valence-corrected chi connectivity index (χ4v) is 3.65. The standard InChI is InChI=1S/C22H31N3O5/c1-15(26)16-5-6-19-18(13-16)25(20(27)14-29-19)12-11-24-9-7-17(8-10-24)30-21(28)23-22(2,3)4/h5-6,13,17H,7-12,14H2,1-4H3,(H,23,28). The van der Waals surface area contributed by atoms with Gasteiger partial charge in [-0.05, 0) is 58.7 Å². The number of amides is 2. The van der Waals surface area contributed by atoms with Crippen molar-refractivity contribution in [3.05, 3.63) is 23.8 Å². The first-order valence-corrected chi connectivity index (χ1v) is 10.4. The van der Waals surface area contributed by atoms with Gasteiger partial charge in [-0.2, -0.15) is 0 Å². The van der Waals surface area contributed by atoms with E-state index in [9.17, 15) is 14.4 Å². The van der Waals surface area contributed by atoms with Crippen molar-refractivity contribution in [2.45, 2.75) is 52.2 Å². The molecule has 1 aromatic carbocycles. The number of hydrogen-bond donors (Lipinski definition) is 1. The minimum Gasteiger partial charge on any atom is -0.482 e. The summed E-state index contributed by atoms with van der Waals surface area (Å²) in [7, 11) is 0. The van der Waals surface area contributed by atoms with Gasteiger partial charge in [-0.1, -0.05) is 0 Å². The van der Waals surface area contributed by atoms with Gasteiger partial charge in [0, 0.05) is 37.3 Å². The molecule has 0 bridgehead atoms. The van der Waals surface area contributed by atoms with Gasteiger partial charge >= 0.3 is 6.09 Å². The van der Waals surface area contributed by atoms with Gasteiger partial charge in [0.15, 0.2) is 12.4 Å². The topological polar surface area (TPSA) is 88.2 Å². The average molecular weight is 418 g/mol. The van der Waals surface area contributed by atoms with E-state index in [4.69, 9.17) is 9.47 Å². The number of alkyl carbamates (subject to hydrolysis) is 1. The number of Topliss-reactive ketones (excluding diaryl/α,β-unsaturated/α-hetero) is 1. The lowest BCUT2D eigenvalue weighted by molar-refractivity contribution is -0.121. The molecular formula is C22H31N3O5. The molecule has 1 N–H and O–H groups in total. The number of ether oxygens (including phenoxy) is 2. The Morgan fingerprint density at radius 1 is 1.20 bits per heavy atom. The Morgan fingerprint density at radius 2 is 1.90 bits per heavy atom. The van der Waals surface area contributed by atoms with Crippen LogP contribution in [0.25, 0.3) is 0 Å². The average Bonchev–Trinajstić information content (AvgIpc) is 2.66. The van der Waals surface area contributed by atoms with E-state index in [1.54, 1.807) is 23.1 Å². The zero-order chi connectivity index (χ0) is 21.9. The minimum atomic E-state index is -0.377. The maximum Gasteiger partial charge on any atom is 0.407 e. The lowest BCUT2D eigenvalue weighted by Gasteiger charge is -2.35. The van der Waals surface area contributed by atoms with Crippen LogP contribution in [-0.4, -0.2) is 67.1 Å². The number of nitrogens with one attached hydrogen (secondary N) is 1. The fraction of sp³-hybridized carbons (Fsp3) is 0.591. The summed E-state index contributed by atoms with van der Waals surface area (Å²) in [5.74, 6) is 0.463. The van der Waals surface area contributed by atoms with Crippen LogP contribution >= 0.6 is 0 Å². The molecule has 2 heterocycles. The second-order valence-electron chi connectivity index (χ2n) is 8.89. The van der Waals surface area contributed by atoms with Gasteiger partial charge in [0.2, 0.25) is 0 Å². The number of piperidine rings is 1. The maximum atomic E-state index is 12.4. The SMILES string of the molecule is CC(=O)c1ccc2c(c1)N(CCN1CCC(OC(=O)NC(C)(C)C)CC1)C(=O)CO2. The first-order chi connectivity index (χ1) is 14.1. The van der Waals surface area contributed by atoms with Crippen LogP contribution in [-0.2, 0) is 9.53 Å². The highest BCUT2D eigenvalue weighted by molar-refractivity contribution is 6.01. The maximum absolute atomic E-state index is 12.4. The van der Waals surface area contributed by atoms with Gasteiger partial charge < -0.3 is 24.6 Å². The third-order valence-corrected chi connectivity index (χ3v) is 5.23. The molecule has 2 amide bonds. The summed E-state index contributed by atoms with van der Waals surface area (Å²) in [5, 5.41) is 2.82. The van der Waals surface area contributed by atoms with E-state index in [-0.39, 0.29) is 36.0 Å². The van der Waals surface area contributed by atoms with Crippen LogP contribution in [0.1, 0.15) is 50.9 Å². The molecule has 30 heavy (non-hydrogen) atoms.